The fraction of sp³-hybridized carbons (Fsp3) is 0.562. The highest BCUT2D eigenvalue weighted by molar-refractivity contribution is 5.90. The minimum atomic E-state index is -0.639. The lowest BCUT2D eigenvalue weighted by atomic mass is 10.0. The minimum absolute atomic E-state index is 0.00600. The van der Waals surface area contributed by atoms with Crippen LogP contribution in [0.2, 0.25) is 0 Å². The molecule has 1 unspecified atom stereocenters. The van der Waals surface area contributed by atoms with Gasteiger partial charge in [0.25, 0.3) is 0 Å². The van der Waals surface area contributed by atoms with Crippen LogP contribution in [0.3, 0.4) is 0 Å². The lowest BCUT2D eigenvalue weighted by Crippen LogP contribution is -2.37. The minimum Gasteiger partial charge on any atom is -0.489 e. The lowest BCUT2D eigenvalue weighted by molar-refractivity contribution is 0.0595. The molecule has 4 nitrogen and oxygen atoms in total. The number of carbonyl (C=O) groups is 1. The Labute approximate surface area is 123 Å². The molecule has 1 heterocycles. The van der Waals surface area contributed by atoms with Crippen molar-refractivity contribution in [3.63, 3.8) is 0 Å². The van der Waals surface area contributed by atoms with Gasteiger partial charge in [-0.15, -0.1) is 0 Å². The van der Waals surface area contributed by atoms with Crippen molar-refractivity contribution in [3.05, 3.63) is 29.1 Å². The molecule has 1 saturated heterocycles. The van der Waals surface area contributed by atoms with Crippen molar-refractivity contribution in [2.45, 2.75) is 37.7 Å². The average Bonchev–Trinajstić information content (AvgIpc) is 3.32. The zero-order chi connectivity index (χ0) is 14.8. The summed E-state index contributed by atoms with van der Waals surface area (Å²) in [7, 11) is 1.26. The van der Waals surface area contributed by atoms with Crippen molar-refractivity contribution in [3.8, 4) is 5.75 Å². The van der Waals surface area contributed by atoms with E-state index < -0.39 is 11.8 Å². The second kappa shape index (κ2) is 6.02. The lowest BCUT2D eigenvalue weighted by Gasteiger charge is -2.25. The molecule has 2 fully saturated rings. The molecule has 1 aromatic carbocycles. The number of rotatable bonds is 4. The summed E-state index contributed by atoms with van der Waals surface area (Å²) in [6.45, 7) is 1.79. The molecule has 0 radical (unpaired) electrons. The number of hydrogen-bond acceptors (Lipinski definition) is 4. The maximum atomic E-state index is 14.1. The van der Waals surface area contributed by atoms with E-state index in [2.05, 4.69) is 10.1 Å². The maximum Gasteiger partial charge on any atom is 0.340 e. The van der Waals surface area contributed by atoms with Crippen molar-refractivity contribution < 1.29 is 18.7 Å². The van der Waals surface area contributed by atoms with E-state index in [0.717, 1.165) is 44.3 Å². The van der Waals surface area contributed by atoms with Gasteiger partial charge in [0.2, 0.25) is 0 Å². The average molecular weight is 293 g/mol. The quantitative estimate of drug-likeness (QED) is 0.867. The third-order valence-electron chi connectivity index (χ3n) is 4.07. The number of carbonyl (C=O) groups excluding carboxylic acids is 1. The first-order valence-corrected chi connectivity index (χ1v) is 7.48. The number of esters is 1. The number of halogens is 1. The van der Waals surface area contributed by atoms with E-state index in [0.29, 0.717) is 11.7 Å². The number of ether oxygens (including phenoxy) is 2. The predicted molar refractivity (Wildman–Crippen MR) is 76.2 cm³/mol. The largest absolute Gasteiger partial charge is 0.489 e. The molecule has 2 aliphatic rings. The summed E-state index contributed by atoms with van der Waals surface area (Å²) in [5, 5.41) is 3.28. The number of hydrogen-bond donors (Lipinski definition) is 1. The van der Waals surface area contributed by atoms with Gasteiger partial charge in [0.1, 0.15) is 17.7 Å². The molecule has 1 saturated carbocycles. The van der Waals surface area contributed by atoms with Crippen LogP contribution < -0.4 is 10.1 Å². The molecule has 3 rings (SSSR count). The van der Waals surface area contributed by atoms with Crippen molar-refractivity contribution >= 4 is 5.97 Å². The fourth-order valence-corrected chi connectivity index (χ4v) is 2.75. The first-order chi connectivity index (χ1) is 10.2. The molecule has 1 aromatic rings. The summed E-state index contributed by atoms with van der Waals surface area (Å²) >= 11 is 0. The summed E-state index contributed by atoms with van der Waals surface area (Å²) in [6.07, 6.45) is 4.22. The normalized spacial score (nSPS) is 21.9. The van der Waals surface area contributed by atoms with Gasteiger partial charge in [-0.1, -0.05) is 0 Å². The molecule has 1 atom stereocenters. The van der Waals surface area contributed by atoms with Gasteiger partial charge < -0.3 is 14.8 Å². The van der Waals surface area contributed by atoms with E-state index in [4.69, 9.17) is 4.74 Å². The first kappa shape index (κ1) is 14.3. The third-order valence-corrected chi connectivity index (χ3v) is 4.07. The van der Waals surface area contributed by atoms with E-state index in [-0.39, 0.29) is 11.7 Å². The third kappa shape index (κ3) is 3.18. The molecule has 0 bridgehead atoms. The van der Waals surface area contributed by atoms with E-state index in [9.17, 15) is 9.18 Å². The molecule has 1 aliphatic carbocycles. The van der Waals surface area contributed by atoms with Gasteiger partial charge in [0.15, 0.2) is 0 Å². The Kier molecular flexibility index (Phi) is 4.10. The summed E-state index contributed by atoms with van der Waals surface area (Å²) in [5.41, 5.74) is 0.927. The molecule has 21 heavy (non-hydrogen) atoms. The first-order valence-electron chi connectivity index (χ1n) is 7.48. The van der Waals surface area contributed by atoms with E-state index in [1.807, 2.05) is 0 Å². The Morgan fingerprint density at radius 3 is 2.76 bits per heavy atom. The molecule has 5 heteroatoms. The van der Waals surface area contributed by atoms with Crippen LogP contribution in [0.5, 0.6) is 5.75 Å². The Balaban J connectivity index is 1.87. The second-order valence-corrected chi connectivity index (χ2v) is 5.72. The number of nitrogens with one attached hydrogen (secondary N) is 1. The summed E-state index contributed by atoms with van der Waals surface area (Å²) < 4.78 is 24.7. The van der Waals surface area contributed by atoms with Gasteiger partial charge in [-0.05, 0) is 49.8 Å². The second-order valence-electron chi connectivity index (χ2n) is 5.72. The van der Waals surface area contributed by atoms with E-state index in [1.165, 1.54) is 13.2 Å². The molecule has 1 N–H and O–H groups in total. The highest BCUT2D eigenvalue weighted by Gasteiger charge is 2.30. The van der Waals surface area contributed by atoms with Crippen LogP contribution in [-0.2, 0) is 4.74 Å². The summed E-state index contributed by atoms with van der Waals surface area (Å²) in [4.78, 5) is 11.6. The van der Waals surface area contributed by atoms with Crippen molar-refractivity contribution in [1.29, 1.82) is 0 Å². The molecule has 0 amide bonds. The van der Waals surface area contributed by atoms with Crippen LogP contribution in [0.4, 0.5) is 4.39 Å². The molecule has 114 valence electrons. The van der Waals surface area contributed by atoms with Crippen molar-refractivity contribution in [2.75, 3.05) is 20.2 Å². The Morgan fingerprint density at radius 2 is 2.14 bits per heavy atom. The van der Waals surface area contributed by atoms with Gasteiger partial charge in [0, 0.05) is 12.6 Å². The Bertz CT molecular complexity index is 537. The van der Waals surface area contributed by atoms with Crippen LogP contribution in [0, 0.1) is 5.82 Å². The predicted octanol–water partition coefficient (Wildman–Crippen LogP) is 2.62. The van der Waals surface area contributed by atoms with Crippen molar-refractivity contribution in [1.82, 2.24) is 5.32 Å². The van der Waals surface area contributed by atoms with Gasteiger partial charge >= 0.3 is 5.97 Å². The maximum absolute atomic E-state index is 14.1. The van der Waals surface area contributed by atoms with E-state index >= 15 is 0 Å². The number of piperidine rings is 1. The fourth-order valence-electron chi connectivity index (χ4n) is 2.75. The van der Waals surface area contributed by atoms with E-state index in [1.54, 1.807) is 6.07 Å². The molecule has 0 spiro atoms. The van der Waals surface area contributed by atoms with Crippen molar-refractivity contribution in [2.24, 2.45) is 0 Å². The Morgan fingerprint density at radius 1 is 1.33 bits per heavy atom. The van der Waals surface area contributed by atoms with Crippen LogP contribution in [0.1, 0.15) is 47.5 Å². The molecular formula is C16H20FNO3. The molecule has 0 aromatic heterocycles. The summed E-state index contributed by atoms with van der Waals surface area (Å²) in [6, 6.07) is 2.94. The van der Waals surface area contributed by atoms with Gasteiger partial charge in [-0.3, -0.25) is 0 Å². The standard InChI is InChI=1S/C16H20FNO3/c1-20-16(19)13-7-12(10-4-5-10)15(8-14(13)17)21-11-3-2-6-18-9-11/h7-8,10-11,18H,2-6,9H2,1H3. The van der Waals surface area contributed by atoms with Crippen LogP contribution in [-0.4, -0.2) is 32.3 Å². The zero-order valence-electron chi connectivity index (χ0n) is 12.2. The topological polar surface area (TPSA) is 47.6 Å². The Hall–Kier alpha value is -1.62. The summed E-state index contributed by atoms with van der Waals surface area (Å²) in [5.74, 6) is -0.262. The molecular weight excluding hydrogens is 273 g/mol. The van der Waals surface area contributed by atoms with Gasteiger partial charge in [-0.25, -0.2) is 9.18 Å². The van der Waals surface area contributed by atoms with Crippen LogP contribution in [0.15, 0.2) is 12.1 Å². The SMILES string of the molecule is COC(=O)c1cc(C2CC2)c(OC2CCCNC2)cc1F. The number of benzene rings is 1. The monoisotopic (exact) mass is 293 g/mol. The number of methoxy groups -OCH3 is 1. The highest BCUT2D eigenvalue weighted by atomic mass is 19.1. The van der Waals surface area contributed by atoms with Crippen LogP contribution in [0.25, 0.3) is 0 Å². The van der Waals surface area contributed by atoms with Gasteiger partial charge in [-0.2, -0.15) is 0 Å². The smallest absolute Gasteiger partial charge is 0.340 e. The van der Waals surface area contributed by atoms with Crippen LogP contribution >= 0.6 is 0 Å². The van der Waals surface area contributed by atoms with Gasteiger partial charge in [0.05, 0.1) is 12.7 Å². The zero-order valence-corrected chi connectivity index (χ0v) is 12.2. The molecule has 1 aliphatic heterocycles. The highest BCUT2D eigenvalue weighted by Crippen LogP contribution is 2.45.